The van der Waals surface area contributed by atoms with Crippen LogP contribution in [0.3, 0.4) is 0 Å². The van der Waals surface area contributed by atoms with Crippen LogP contribution in [-0.4, -0.2) is 55.8 Å². The first-order chi connectivity index (χ1) is 11.4. The number of sulfonamides is 1. The van der Waals surface area contributed by atoms with Crippen molar-refractivity contribution in [1.82, 2.24) is 14.9 Å². The molecule has 1 heterocycles. The fourth-order valence-electron chi connectivity index (χ4n) is 2.41. The Balaban J connectivity index is 1.71. The van der Waals surface area contributed by atoms with Crippen LogP contribution in [0.4, 0.5) is 4.79 Å². The molecule has 0 aliphatic carbocycles. The number of nitrogens with zero attached hydrogens (tertiary/aromatic N) is 1. The van der Waals surface area contributed by atoms with Gasteiger partial charge in [0.25, 0.3) is 0 Å². The summed E-state index contributed by atoms with van der Waals surface area (Å²) in [5, 5.41) is 11.4. The molecular weight excluding hydrogens is 334 g/mol. The van der Waals surface area contributed by atoms with Crippen LogP contribution in [0, 0.1) is 5.92 Å². The number of carboxylic acid groups (broad SMARTS) is 1. The molecule has 1 aromatic rings. The Hall–Kier alpha value is -2.13. The van der Waals surface area contributed by atoms with Crippen LogP contribution in [0.2, 0.25) is 0 Å². The lowest BCUT2D eigenvalue weighted by molar-refractivity contribution is -0.141. The molecule has 0 bridgehead atoms. The Kier molecular flexibility index (Phi) is 6.16. The lowest BCUT2D eigenvalue weighted by Crippen LogP contribution is -2.42. The van der Waals surface area contributed by atoms with E-state index in [4.69, 9.17) is 5.11 Å². The predicted molar refractivity (Wildman–Crippen MR) is 87.8 cm³/mol. The zero-order chi connectivity index (χ0) is 17.6. The summed E-state index contributed by atoms with van der Waals surface area (Å²) in [4.78, 5) is 24.1. The molecule has 2 amide bonds. The van der Waals surface area contributed by atoms with Gasteiger partial charge in [-0.2, -0.15) is 0 Å². The molecule has 24 heavy (non-hydrogen) atoms. The Labute approximate surface area is 140 Å². The summed E-state index contributed by atoms with van der Waals surface area (Å²) in [6, 6.07) is 8.69. The number of nitrogens with one attached hydrogen (secondary N) is 2. The Morgan fingerprint density at radius 3 is 2.58 bits per heavy atom. The maximum absolute atomic E-state index is 11.9. The SMILES string of the molecule is O=C(O)C1CCN(C(=O)NCCS(=O)(=O)NCc2ccccc2)C1. The fourth-order valence-corrected chi connectivity index (χ4v) is 3.31. The maximum atomic E-state index is 11.9. The number of hydrogen-bond donors (Lipinski definition) is 3. The highest BCUT2D eigenvalue weighted by molar-refractivity contribution is 7.89. The van der Waals surface area contributed by atoms with E-state index in [1.807, 2.05) is 30.3 Å². The highest BCUT2D eigenvalue weighted by Crippen LogP contribution is 2.15. The summed E-state index contributed by atoms with van der Waals surface area (Å²) < 4.78 is 26.3. The molecule has 1 saturated heterocycles. The van der Waals surface area contributed by atoms with Crippen LogP contribution in [0.5, 0.6) is 0 Å². The van der Waals surface area contributed by atoms with E-state index in [0.717, 1.165) is 5.56 Å². The van der Waals surface area contributed by atoms with E-state index in [2.05, 4.69) is 10.0 Å². The molecule has 8 nitrogen and oxygen atoms in total. The molecule has 1 aromatic carbocycles. The van der Waals surface area contributed by atoms with E-state index in [1.54, 1.807) is 0 Å². The van der Waals surface area contributed by atoms with Crippen LogP contribution in [-0.2, 0) is 21.4 Å². The standard InChI is InChI=1S/C15H21N3O5S/c19-14(20)13-6-8-18(11-13)15(21)16-7-9-24(22,23)17-10-12-4-2-1-3-5-12/h1-5,13,17H,6-11H2,(H,16,21)(H,19,20). The molecule has 0 spiro atoms. The molecule has 1 unspecified atom stereocenters. The van der Waals surface area contributed by atoms with E-state index < -0.39 is 27.9 Å². The molecule has 1 aliphatic heterocycles. The minimum absolute atomic E-state index is 0.0306. The van der Waals surface area contributed by atoms with Crippen LogP contribution < -0.4 is 10.0 Å². The number of carbonyl (C=O) groups is 2. The first kappa shape index (κ1) is 18.2. The number of hydrogen-bond acceptors (Lipinski definition) is 4. The van der Waals surface area contributed by atoms with Gasteiger partial charge in [-0.1, -0.05) is 30.3 Å². The second-order valence-corrected chi connectivity index (χ2v) is 7.55. The number of urea groups is 1. The number of benzene rings is 1. The largest absolute Gasteiger partial charge is 0.481 e. The van der Waals surface area contributed by atoms with Gasteiger partial charge in [-0.3, -0.25) is 4.79 Å². The number of amides is 2. The van der Waals surface area contributed by atoms with Crippen LogP contribution in [0.25, 0.3) is 0 Å². The van der Waals surface area contributed by atoms with Crippen LogP contribution in [0.15, 0.2) is 30.3 Å². The molecular formula is C15H21N3O5S. The molecule has 1 fully saturated rings. The number of carbonyl (C=O) groups excluding carboxylic acids is 1. The second-order valence-electron chi connectivity index (χ2n) is 5.63. The van der Waals surface area contributed by atoms with Crippen LogP contribution >= 0.6 is 0 Å². The molecule has 0 saturated carbocycles. The van der Waals surface area contributed by atoms with Gasteiger partial charge in [-0.25, -0.2) is 17.9 Å². The summed E-state index contributed by atoms with van der Waals surface area (Å²) >= 11 is 0. The van der Waals surface area contributed by atoms with Gasteiger partial charge in [0.05, 0.1) is 11.7 Å². The van der Waals surface area contributed by atoms with Crippen molar-refractivity contribution in [3.63, 3.8) is 0 Å². The zero-order valence-electron chi connectivity index (χ0n) is 13.1. The van der Waals surface area contributed by atoms with Gasteiger partial charge < -0.3 is 15.3 Å². The lowest BCUT2D eigenvalue weighted by Gasteiger charge is -2.16. The Morgan fingerprint density at radius 2 is 1.96 bits per heavy atom. The van der Waals surface area contributed by atoms with Crippen molar-refractivity contribution in [2.24, 2.45) is 5.92 Å². The van der Waals surface area contributed by atoms with Crippen molar-refractivity contribution in [1.29, 1.82) is 0 Å². The average molecular weight is 355 g/mol. The summed E-state index contributed by atoms with van der Waals surface area (Å²) in [5.41, 5.74) is 0.849. The smallest absolute Gasteiger partial charge is 0.317 e. The molecule has 1 aliphatic rings. The fraction of sp³-hybridized carbons (Fsp3) is 0.467. The van der Waals surface area contributed by atoms with E-state index in [9.17, 15) is 18.0 Å². The van der Waals surface area contributed by atoms with Crippen molar-refractivity contribution in [2.75, 3.05) is 25.4 Å². The van der Waals surface area contributed by atoms with Gasteiger partial charge >= 0.3 is 12.0 Å². The number of aliphatic carboxylic acids is 1. The zero-order valence-corrected chi connectivity index (χ0v) is 14.0. The molecule has 0 aromatic heterocycles. The first-order valence-electron chi connectivity index (χ1n) is 7.64. The summed E-state index contributed by atoms with van der Waals surface area (Å²) in [6.45, 7) is 0.683. The van der Waals surface area contributed by atoms with Gasteiger partial charge in [0.2, 0.25) is 10.0 Å². The van der Waals surface area contributed by atoms with E-state index in [0.29, 0.717) is 13.0 Å². The third kappa shape index (κ3) is 5.50. The van der Waals surface area contributed by atoms with Gasteiger partial charge in [0.15, 0.2) is 0 Å². The van der Waals surface area contributed by atoms with E-state index in [1.165, 1.54) is 4.90 Å². The number of carboxylic acids is 1. The average Bonchev–Trinajstić information content (AvgIpc) is 3.04. The van der Waals surface area contributed by atoms with Crippen molar-refractivity contribution in [3.8, 4) is 0 Å². The molecule has 3 N–H and O–H groups in total. The summed E-state index contributed by atoms with van der Waals surface area (Å²) in [5.74, 6) is -1.70. The maximum Gasteiger partial charge on any atom is 0.317 e. The van der Waals surface area contributed by atoms with Gasteiger partial charge in [-0.05, 0) is 12.0 Å². The predicted octanol–water partition coefficient (Wildman–Crippen LogP) is 0.222. The normalized spacial score (nSPS) is 17.7. The quantitative estimate of drug-likeness (QED) is 0.647. The summed E-state index contributed by atoms with van der Waals surface area (Å²) in [6.07, 6.45) is 0.416. The molecule has 0 radical (unpaired) electrons. The third-order valence-electron chi connectivity index (χ3n) is 3.81. The monoisotopic (exact) mass is 355 g/mol. The van der Waals surface area contributed by atoms with Crippen molar-refractivity contribution in [2.45, 2.75) is 13.0 Å². The van der Waals surface area contributed by atoms with Crippen molar-refractivity contribution >= 4 is 22.0 Å². The van der Waals surface area contributed by atoms with E-state index >= 15 is 0 Å². The van der Waals surface area contributed by atoms with Gasteiger partial charge in [0, 0.05) is 26.2 Å². The van der Waals surface area contributed by atoms with Gasteiger partial charge in [0.1, 0.15) is 0 Å². The molecule has 132 valence electrons. The first-order valence-corrected chi connectivity index (χ1v) is 9.29. The Bertz CT molecular complexity index is 678. The molecule has 1 atom stereocenters. The summed E-state index contributed by atoms with van der Waals surface area (Å²) in [7, 11) is -3.50. The number of rotatable bonds is 7. The molecule has 2 rings (SSSR count). The highest BCUT2D eigenvalue weighted by atomic mass is 32.2. The lowest BCUT2D eigenvalue weighted by atomic mass is 10.1. The number of likely N-dealkylation sites (tertiary alicyclic amines) is 1. The Morgan fingerprint density at radius 1 is 1.25 bits per heavy atom. The highest BCUT2D eigenvalue weighted by Gasteiger charge is 2.30. The van der Waals surface area contributed by atoms with Gasteiger partial charge in [-0.15, -0.1) is 0 Å². The second kappa shape index (κ2) is 8.11. The molecule has 9 heteroatoms. The van der Waals surface area contributed by atoms with Crippen molar-refractivity contribution in [3.05, 3.63) is 35.9 Å². The third-order valence-corrected chi connectivity index (χ3v) is 5.14. The minimum Gasteiger partial charge on any atom is -0.481 e. The topological polar surface area (TPSA) is 116 Å². The van der Waals surface area contributed by atoms with Crippen molar-refractivity contribution < 1.29 is 23.1 Å². The van der Waals surface area contributed by atoms with E-state index in [-0.39, 0.29) is 25.4 Å². The van der Waals surface area contributed by atoms with Crippen LogP contribution in [0.1, 0.15) is 12.0 Å². The minimum atomic E-state index is -3.50.